The first-order valence-corrected chi connectivity index (χ1v) is 9.93. The monoisotopic (exact) mass is 433 g/mol. The van der Waals surface area contributed by atoms with Gasteiger partial charge in [0.15, 0.2) is 0 Å². The molecular formula is C19H20BrN3O2S. The Morgan fingerprint density at radius 2 is 1.96 bits per heavy atom. The molecule has 0 spiro atoms. The van der Waals surface area contributed by atoms with Crippen LogP contribution in [0.2, 0.25) is 0 Å². The summed E-state index contributed by atoms with van der Waals surface area (Å²) in [7, 11) is 1.79. The van der Waals surface area contributed by atoms with E-state index in [1.807, 2.05) is 38.1 Å². The van der Waals surface area contributed by atoms with Gasteiger partial charge in [0.2, 0.25) is 5.91 Å². The molecule has 7 heteroatoms. The van der Waals surface area contributed by atoms with E-state index in [-0.39, 0.29) is 11.5 Å². The molecular weight excluding hydrogens is 414 g/mol. The Morgan fingerprint density at radius 3 is 2.65 bits per heavy atom. The number of fused-ring (bicyclic) bond motifs is 1. The second-order valence-corrected chi connectivity index (χ2v) is 8.47. The average Bonchev–Trinajstić information content (AvgIpc) is 2.89. The molecule has 136 valence electrons. The smallest absolute Gasteiger partial charge is 0.259 e. The zero-order chi connectivity index (χ0) is 18.8. The van der Waals surface area contributed by atoms with Crippen LogP contribution < -0.4 is 5.56 Å². The van der Waals surface area contributed by atoms with Gasteiger partial charge < -0.3 is 9.88 Å². The molecule has 0 saturated carbocycles. The maximum atomic E-state index is 12.4. The van der Waals surface area contributed by atoms with Crippen molar-refractivity contribution >= 4 is 43.4 Å². The van der Waals surface area contributed by atoms with E-state index in [0.717, 1.165) is 25.3 Å². The molecule has 0 aliphatic carbocycles. The molecule has 0 bridgehead atoms. The minimum absolute atomic E-state index is 0.0224. The van der Waals surface area contributed by atoms with Crippen LogP contribution in [0.15, 0.2) is 33.5 Å². The van der Waals surface area contributed by atoms with Crippen molar-refractivity contribution in [1.29, 1.82) is 0 Å². The molecule has 0 unspecified atom stereocenters. The standard InChI is InChI=1S/C19H20BrN3O2S/c1-11-12(2)26-19-17(11)18(25)21-15(22-19)8-9-16(24)23(3)10-13-4-6-14(20)7-5-13/h4-7H,8-10H2,1-3H3,(H,21,22,25). The van der Waals surface area contributed by atoms with Crippen LogP contribution in [-0.2, 0) is 17.8 Å². The van der Waals surface area contributed by atoms with Crippen LogP contribution in [0.1, 0.15) is 28.2 Å². The highest BCUT2D eigenvalue weighted by molar-refractivity contribution is 9.10. The van der Waals surface area contributed by atoms with Crippen LogP contribution in [0.5, 0.6) is 0 Å². The van der Waals surface area contributed by atoms with Crippen LogP contribution in [0, 0.1) is 13.8 Å². The van der Waals surface area contributed by atoms with E-state index in [2.05, 4.69) is 25.9 Å². The highest BCUT2D eigenvalue weighted by atomic mass is 79.9. The molecule has 0 fully saturated rings. The molecule has 0 radical (unpaired) electrons. The van der Waals surface area contributed by atoms with Crippen molar-refractivity contribution in [3.05, 3.63) is 60.9 Å². The van der Waals surface area contributed by atoms with Gasteiger partial charge in [-0.15, -0.1) is 11.3 Å². The van der Waals surface area contributed by atoms with Crippen molar-refractivity contribution < 1.29 is 4.79 Å². The number of carbonyl (C=O) groups is 1. The van der Waals surface area contributed by atoms with Crippen LogP contribution >= 0.6 is 27.3 Å². The average molecular weight is 434 g/mol. The number of nitrogens with one attached hydrogen (secondary N) is 1. The third kappa shape index (κ3) is 4.04. The Morgan fingerprint density at radius 1 is 1.27 bits per heavy atom. The number of H-pyrrole nitrogens is 1. The molecule has 2 aromatic heterocycles. The number of aromatic amines is 1. The number of rotatable bonds is 5. The third-order valence-corrected chi connectivity index (χ3v) is 6.05. The summed E-state index contributed by atoms with van der Waals surface area (Å²) in [4.78, 5) is 35.6. The van der Waals surface area contributed by atoms with Gasteiger partial charge in [-0.05, 0) is 37.1 Å². The minimum atomic E-state index is -0.123. The number of hydrogen-bond donors (Lipinski definition) is 1. The summed E-state index contributed by atoms with van der Waals surface area (Å²) in [6.45, 7) is 4.48. The van der Waals surface area contributed by atoms with Crippen molar-refractivity contribution in [1.82, 2.24) is 14.9 Å². The third-order valence-electron chi connectivity index (χ3n) is 4.42. The largest absolute Gasteiger partial charge is 0.341 e. The van der Waals surface area contributed by atoms with Gasteiger partial charge in [0.25, 0.3) is 5.56 Å². The molecule has 2 heterocycles. The summed E-state index contributed by atoms with van der Waals surface area (Å²) >= 11 is 4.92. The van der Waals surface area contributed by atoms with Crippen molar-refractivity contribution in [2.45, 2.75) is 33.2 Å². The number of aromatic nitrogens is 2. The van der Waals surface area contributed by atoms with E-state index in [1.165, 1.54) is 11.3 Å². The summed E-state index contributed by atoms with van der Waals surface area (Å²) in [5.41, 5.74) is 1.93. The van der Waals surface area contributed by atoms with E-state index < -0.39 is 0 Å². The Kier molecular flexibility index (Phi) is 5.58. The second-order valence-electron chi connectivity index (χ2n) is 6.35. The SMILES string of the molecule is Cc1sc2nc(CCC(=O)N(C)Cc3ccc(Br)cc3)[nH]c(=O)c2c1C. The number of carbonyl (C=O) groups excluding carboxylic acids is 1. The van der Waals surface area contributed by atoms with E-state index in [1.54, 1.807) is 11.9 Å². The van der Waals surface area contributed by atoms with Gasteiger partial charge in [0.05, 0.1) is 5.39 Å². The lowest BCUT2D eigenvalue weighted by atomic mass is 10.2. The highest BCUT2D eigenvalue weighted by Crippen LogP contribution is 2.25. The summed E-state index contributed by atoms with van der Waals surface area (Å²) in [6.07, 6.45) is 0.732. The minimum Gasteiger partial charge on any atom is -0.341 e. The molecule has 0 aliphatic heterocycles. The predicted molar refractivity (Wildman–Crippen MR) is 109 cm³/mol. The Labute approximate surface area is 164 Å². The number of aryl methyl sites for hydroxylation is 3. The number of halogens is 1. The quantitative estimate of drug-likeness (QED) is 0.661. The lowest BCUT2D eigenvalue weighted by Crippen LogP contribution is -2.26. The maximum Gasteiger partial charge on any atom is 0.259 e. The highest BCUT2D eigenvalue weighted by Gasteiger charge is 2.14. The zero-order valence-electron chi connectivity index (χ0n) is 14.9. The van der Waals surface area contributed by atoms with Crippen molar-refractivity contribution in [3.8, 4) is 0 Å². The molecule has 1 N–H and O–H groups in total. The van der Waals surface area contributed by atoms with Gasteiger partial charge >= 0.3 is 0 Å². The van der Waals surface area contributed by atoms with Crippen molar-refractivity contribution in [3.63, 3.8) is 0 Å². The summed E-state index contributed by atoms with van der Waals surface area (Å²) < 4.78 is 1.01. The van der Waals surface area contributed by atoms with Gasteiger partial charge in [-0.3, -0.25) is 9.59 Å². The number of amides is 1. The van der Waals surface area contributed by atoms with Crippen molar-refractivity contribution in [2.75, 3.05) is 7.05 Å². The first kappa shape index (κ1) is 18.8. The lowest BCUT2D eigenvalue weighted by Gasteiger charge is -2.17. The molecule has 26 heavy (non-hydrogen) atoms. The van der Waals surface area contributed by atoms with E-state index in [4.69, 9.17) is 0 Å². The normalized spacial score (nSPS) is 11.1. The zero-order valence-corrected chi connectivity index (χ0v) is 17.3. The van der Waals surface area contributed by atoms with Crippen LogP contribution in [0.3, 0.4) is 0 Å². The topological polar surface area (TPSA) is 66.1 Å². The Balaban J connectivity index is 1.66. The van der Waals surface area contributed by atoms with Gasteiger partial charge in [0.1, 0.15) is 10.7 Å². The lowest BCUT2D eigenvalue weighted by molar-refractivity contribution is -0.130. The van der Waals surface area contributed by atoms with Gasteiger partial charge in [-0.2, -0.15) is 0 Å². The molecule has 5 nitrogen and oxygen atoms in total. The maximum absolute atomic E-state index is 12.4. The van der Waals surface area contributed by atoms with Crippen LogP contribution in [0.4, 0.5) is 0 Å². The van der Waals surface area contributed by atoms with Crippen LogP contribution in [-0.4, -0.2) is 27.8 Å². The molecule has 3 rings (SSSR count). The molecule has 3 aromatic rings. The second kappa shape index (κ2) is 7.72. The Bertz CT molecular complexity index is 1010. The fourth-order valence-corrected chi connectivity index (χ4v) is 4.10. The fraction of sp³-hybridized carbons (Fsp3) is 0.316. The molecule has 1 amide bonds. The van der Waals surface area contributed by atoms with Gasteiger partial charge in [-0.25, -0.2) is 4.98 Å². The first-order chi connectivity index (χ1) is 12.3. The molecule has 0 saturated heterocycles. The number of benzene rings is 1. The van der Waals surface area contributed by atoms with Gasteiger partial charge in [-0.1, -0.05) is 28.1 Å². The van der Waals surface area contributed by atoms with Crippen molar-refractivity contribution in [2.24, 2.45) is 0 Å². The molecule has 0 atom stereocenters. The summed E-state index contributed by atoms with van der Waals surface area (Å²) in [6, 6.07) is 7.90. The number of hydrogen-bond acceptors (Lipinski definition) is 4. The van der Waals surface area contributed by atoms with E-state index >= 15 is 0 Å². The Hall–Kier alpha value is -1.99. The van der Waals surface area contributed by atoms with Crippen LogP contribution in [0.25, 0.3) is 10.2 Å². The predicted octanol–water partition coefficient (Wildman–Crippen LogP) is 3.96. The summed E-state index contributed by atoms with van der Waals surface area (Å²) in [5, 5.41) is 0.662. The number of nitrogens with zero attached hydrogens (tertiary/aromatic N) is 2. The van der Waals surface area contributed by atoms with Gasteiger partial charge in [0, 0.05) is 35.8 Å². The summed E-state index contributed by atoms with van der Waals surface area (Å²) in [5.74, 6) is 0.586. The van der Waals surface area contributed by atoms with E-state index in [9.17, 15) is 9.59 Å². The molecule has 1 aromatic carbocycles. The number of thiophene rings is 1. The fourth-order valence-electron chi connectivity index (χ4n) is 2.79. The van der Waals surface area contributed by atoms with E-state index in [0.29, 0.717) is 30.6 Å². The first-order valence-electron chi connectivity index (χ1n) is 8.32. The molecule has 0 aliphatic rings.